The Labute approximate surface area is 110 Å². The number of methoxy groups -OCH3 is 1. The minimum atomic E-state index is -2.52. The summed E-state index contributed by atoms with van der Waals surface area (Å²) in [7, 11) is 1.46. The highest BCUT2D eigenvalue weighted by Crippen LogP contribution is 2.19. The van der Waals surface area contributed by atoms with E-state index in [0.29, 0.717) is 18.0 Å². The second-order valence-corrected chi connectivity index (χ2v) is 3.92. The molecule has 0 saturated carbocycles. The van der Waals surface area contributed by atoms with Gasteiger partial charge in [-0.1, -0.05) is 6.92 Å². The van der Waals surface area contributed by atoms with Crippen LogP contribution in [0.3, 0.4) is 0 Å². The summed E-state index contributed by atoms with van der Waals surface area (Å²) in [4.78, 5) is 12.0. The van der Waals surface area contributed by atoms with Crippen LogP contribution >= 0.6 is 0 Å². The first-order valence-electron chi connectivity index (χ1n) is 6.09. The van der Waals surface area contributed by atoms with Crippen LogP contribution in [0.2, 0.25) is 0 Å². The molecular formula is C12H18F2N2O3. The number of aryl methyl sites for hydroxylation is 1. The average molecular weight is 276 g/mol. The van der Waals surface area contributed by atoms with Crippen LogP contribution in [0.1, 0.15) is 30.3 Å². The number of ether oxygens (including phenoxy) is 2. The van der Waals surface area contributed by atoms with Crippen LogP contribution in [0.25, 0.3) is 0 Å². The summed E-state index contributed by atoms with van der Waals surface area (Å²) in [6.07, 6.45) is -0.191. The first kappa shape index (κ1) is 15.6. The Bertz CT molecular complexity index is 408. The van der Waals surface area contributed by atoms with Gasteiger partial charge in [-0.05, 0) is 6.42 Å². The molecule has 0 saturated heterocycles. The van der Waals surface area contributed by atoms with Crippen molar-refractivity contribution in [3.8, 4) is 5.75 Å². The Kier molecular flexibility index (Phi) is 6.41. The van der Waals surface area contributed by atoms with E-state index in [1.54, 1.807) is 4.68 Å². The summed E-state index contributed by atoms with van der Waals surface area (Å²) in [5.74, 6) is 0.171. The van der Waals surface area contributed by atoms with E-state index in [2.05, 4.69) is 5.10 Å². The molecule has 0 aliphatic rings. The van der Waals surface area contributed by atoms with E-state index in [1.165, 1.54) is 13.3 Å². The predicted molar refractivity (Wildman–Crippen MR) is 64.8 cm³/mol. The molecule has 0 unspecified atom stereocenters. The molecule has 19 heavy (non-hydrogen) atoms. The molecule has 0 spiro atoms. The summed E-state index contributed by atoms with van der Waals surface area (Å²) in [5.41, 5.74) is 0.366. The number of hydrogen-bond donors (Lipinski definition) is 0. The Balaban J connectivity index is 2.61. The van der Waals surface area contributed by atoms with Crippen LogP contribution in [0.15, 0.2) is 6.20 Å². The number of aromatic nitrogens is 2. The number of rotatable bonds is 9. The molecule has 7 heteroatoms. The summed E-state index contributed by atoms with van der Waals surface area (Å²) < 4.78 is 35.1. The number of carbonyl (C=O) groups is 1. The van der Waals surface area contributed by atoms with Gasteiger partial charge >= 0.3 is 0 Å². The number of halogens is 2. The topological polar surface area (TPSA) is 53.4 Å². The molecule has 1 rings (SSSR count). The number of hydrogen-bond acceptors (Lipinski definition) is 4. The van der Waals surface area contributed by atoms with Gasteiger partial charge in [-0.25, -0.2) is 8.78 Å². The number of ketones is 1. The van der Waals surface area contributed by atoms with Gasteiger partial charge in [0, 0.05) is 13.0 Å². The van der Waals surface area contributed by atoms with Crippen molar-refractivity contribution in [1.82, 2.24) is 9.78 Å². The number of nitrogens with zero attached hydrogens (tertiary/aromatic N) is 2. The third-order valence-electron chi connectivity index (χ3n) is 2.44. The van der Waals surface area contributed by atoms with Crippen LogP contribution in [0.4, 0.5) is 8.78 Å². The van der Waals surface area contributed by atoms with Crippen LogP contribution in [-0.2, 0) is 11.3 Å². The van der Waals surface area contributed by atoms with E-state index in [4.69, 9.17) is 9.47 Å². The van der Waals surface area contributed by atoms with Crippen LogP contribution in [0.5, 0.6) is 5.75 Å². The van der Waals surface area contributed by atoms with Gasteiger partial charge in [-0.15, -0.1) is 0 Å². The van der Waals surface area contributed by atoms with Gasteiger partial charge in [0.15, 0.2) is 11.5 Å². The lowest BCUT2D eigenvalue weighted by Crippen LogP contribution is -2.14. The van der Waals surface area contributed by atoms with Crippen molar-refractivity contribution in [2.75, 3.05) is 20.3 Å². The lowest BCUT2D eigenvalue weighted by molar-refractivity contribution is 0.0168. The van der Waals surface area contributed by atoms with E-state index < -0.39 is 13.0 Å². The Morgan fingerprint density at radius 2 is 2.26 bits per heavy atom. The number of carbonyl (C=O) groups excluding carboxylic acids is 1. The van der Waals surface area contributed by atoms with Crippen molar-refractivity contribution in [3.05, 3.63) is 11.9 Å². The molecule has 108 valence electrons. The lowest BCUT2D eigenvalue weighted by Gasteiger charge is -2.07. The van der Waals surface area contributed by atoms with Crippen molar-refractivity contribution >= 4 is 5.78 Å². The SMILES string of the molecule is CCCn1ncc(OC)c1C(=O)CCOCC(F)F. The van der Waals surface area contributed by atoms with E-state index in [-0.39, 0.29) is 18.8 Å². The van der Waals surface area contributed by atoms with Gasteiger partial charge in [-0.2, -0.15) is 5.10 Å². The fourth-order valence-electron chi connectivity index (χ4n) is 1.64. The quantitative estimate of drug-likeness (QED) is 0.512. The summed E-state index contributed by atoms with van der Waals surface area (Å²) in [6, 6.07) is 0. The highest BCUT2D eigenvalue weighted by Gasteiger charge is 2.18. The van der Waals surface area contributed by atoms with Crippen LogP contribution in [0, 0.1) is 0 Å². The molecular weight excluding hydrogens is 258 g/mol. The van der Waals surface area contributed by atoms with Crippen molar-refractivity contribution < 1.29 is 23.0 Å². The molecule has 0 bridgehead atoms. The van der Waals surface area contributed by atoms with Crippen molar-refractivity contribution in [2.24, 2.45) is 0 Å². The molecule has 0 aromatic carbocycles. The second-order valence-electron chi connectivity index (χ2n) is 3.92. The molecule has 0 atom stereocenters. The Morgan fingerprint density at radius 3 is 2.84 bits per heavy atom. The van der Waals surface area contributed by atoms with Crippen molar-refractivity contribution in [2.45, 2.75) is 32.7 Å². The molecule has 1 aromatic heterocycles. The molecule has 0 aliphatic heterocycles. The molecule has 1 aromatic rings. The summed E-state index contributed by atoms with van der Waals surface area (Å²) >= 11 is 0. The molecule has 0 N–H and O–H groups in total. The zero-order chi connectivity index (χ0) is 14.3. The maximum Gasteiger partial charge on any atom is 0.261 e. The molecule has 0 aliphatic carbocycles. The minimum Gasteiger partial charge on any atom is -0.493 e. The third kappa shape index (κ3) is 4.59. The normalized spacial score (nSPS) is 11.0. The molecule has 0 fully saturated rings. The highest BCUT2D eigenvalue weighted by molar-refractivity contribution is 5.97. The predicted octanol–water partition coefficient (Wildman–Crippen LogP) is 2.16. The van der Waals surface area contributed by atoms with Gasteiger partial charge < -0.3 is 9.47 Å². The zero-order valence-corrected chi connectivity index (χ0v) is 11.1. The fourth-order valence-corrected chi connectivity index (χ4v) is 1.64. The van der Waals surface area contributed by atoms with E-state index in [1.807, 2.05) is 6.92 Å². The standard InChI is InChI=1S/C12H18F2N2O3/c1-3-5-16-12(10(18-2)7-15-16)9(17)4-6-19-8-11(13)14/h7,11H,3-6,8H2,1-2H3. The minimum absolute atomic E-state index is 0.0263. The highest BCUT2D eigenvalue weighted by atomic mass is 19.3. The zero-order valence-electron chi connectivity index (χ0n) is 11.1. The Hall–Kier alpha value is -1.50. The van der Waals surface area contributed by atoms with Crippen LogP contribution in [-0.4, -0.2) is 42.3 Å². The van der Waals surface area contributed by atoms with Crippen molar-refractivity contribution in [3.63, 3.8) is 0 Å². The maximum absolute atomic E-state index is 12.0. The second kappa shape index (κ2) is 7.83. The van der Waals surface area contributed by atoms with Gasteiger partial charge in [0.2, 0.25) is 0 Å². The summed E-state index contributed by atoms with van der Waals surface area (Å²) in [5, 5.41) is 4.06. The van der Waals surface area contributed by atoms with Gasteiger partial charge in [-0.3, -0.25) is 9.48 Å². The third-order valence-corrected chi connectivity index (χ3v) is 2.44. The van der Waals surface area contributed by atoms with Gasteiger partial charge in [0.1, 0.15) is 12.3 Å². The number of alkyl halides is 2. The monoisotopic (exact) mass is 276 g/mol. The molecule has 1 heterocycles. The van der Waals surface area contributed by atoms with E-state index in [9.17, 15) is 13.6 Å². The smallest absolute Gasteiger partial charge is 0.261 e. The Morgan fingerprint density at radius 1 is 1.53 bits per heavy atom. The van der Waals surface area contributed by atoms with Crippen molar-refractivity contribution in [1.29, 1.82) is 0 Å². The number of Topliss-reactive ketones (excluding diaryl/α,β-unsaturated/α-hetero) is 1. The lowest BCUT2D eigenvalue weighted by atomic mass is 10.2. The van der Waals surface area contributed by atoms with E-state index >= 15 is 0 Å². The molecule has 0 amide bonds. The molecule has 0 radical (unpaired) electrons. The first-order valence-corrected chi connectivity index (χ1v) is 6.09. The first-order chi connectivity index (χ1) is 9.10. The van der Waals surface area contributed by atoms with Gasteiger partial charge in [0.25, 0.3) is 6.43 Å². The molecule has 5 nitrogen and oxygen atoms in total. The largest absolute Gasteiger partial charge is 0.493 e. The van der Waals surface area contributed by atoms with Gasteiger partial charge in [0.05, 0.1) is 19.9 Å². The van der Waals surface area contributed by atoms with Crippen LogP contribution < -0.4 is 4.74 Å². The summed E-state index contributed by atoms with van der Waals surface area (Å²) in [6.45, 7) is 1.87. The average Bonchev–Trinajstić information content (AvgIpc) is 2.77. The fraction of sp³-hybridized carbons (Fsp3) is 0.667. The maximum atomic E-state index is 12.0. The van der Waals surface area contributed by atoms with E-state index in [0.717, 1.165) is 6.42 Å².